The molecule has 1 aliphatic rings. The third-order valence-corrected chi connectivity index (χ3v) is 2.44. The van der Waals surface area contributed by atoms with Crippen molar-refractivity contribution in [2.75, 3.05) is 0 Å². The van der Waals surface area contributed by atoms with E-state index in [-0.39, 0.29) is 5.91 Å². The summed E-state index contributed by atoms with van der Waals surface area (Å²) in [5, 5.41) is 2.96. The fourth-order valence-corrected chi connectivity index (χ4v) is 1.66. The van der Waals surface area contributed by atoms with Crippen LogP contribution in [0.5, 0.6) is 0 Å². The summed E-state index contributed by atoms with van der Waals surface area (Å²) in [7, 11) is 0. The van der Waals surface area contributed by atoms with E-state index < -0.39 is 0 Å². The number of rotatable bonds is 2. The lowest BCUT2D eigenvalue weighted by Gasteiger charge is -2.26. The molecule has 0 unspecified atom stereocenters. The van der Waals surface area contributed by atoms with Gasteiger partial charge in [0.25, 0.3) is 0 Å². The van der Waals surface area contributed by atoms with Gasteiger partial charge in [-0.3, -0.25) is 4.79 Å². The molecule has 0 heterocycles. The molecule has 0 saturated heterocycles. The van der Waals surface area contributed by atoms with E-state index in [0.717, 1.165) is 25.7 Å². The largest absolute Gasteiger partial charge is 0.350 e. The van der Waals surface area contributed by atoms with Crippen molar-refractivity contribution in [3.63, 3.8) is 0 Å². The van der Waals surface area contributed by atoms with E-state index in [2.05, 4.69) is 5.32 Å². The van der Waals surface area contributed by atoms with E-state index in [1.807, 2.05) is 6.92 Å². The van der Waals surface area contributed by atoms with Crippen LogP contribution in [0.3, 0.4) is 0 Å². The van der Waals surface area contributed by atoms with E-state index in [1.54, 1.807) is 12.2 Å². The molecule has 3 N–H and O–H groups in total. The third-order valence-electron chi connectivity index (χ3n) is 2.44. The molecule has 0 aromatic carbocycles. The van der Waals surface area contributed by atoms with E-state index >= 15 is 0 Å². The highest BCUT2D eigenvalue weighted by atomic mass is 16.1. The standard InChI is InChI=1S/C10H18N2O/c1-2-3-10(13)12-9-6-4-8(11)5-7-9/h2-3,8-9H,4-7,11H2,1H3,(H,12,13). The van der Waals surface area contributed by atoms with Crippen molar-refractivity contribution in [1.29, 1.82) is 0 Å². The van der Waals surface area contributed by atoms with Crippen LogP contribution in [0.4, 0.5) is 0 Å². The van der Waals surface area contributed by atoms with Crippen LogP contribution < -0.4 is 11.1 Å². The van der Waals surface area contributed by atoms with Crippen LogP contribution >= 0.6 is 0 Å². The maximum Gasteiger partial charge on any atom is 0.243 e. The van der Waals surface area contributed by atoms with E-state index in [0.29, 0.717) is 12.1 Å². The van der Waals surface area contributed by atoms with Crippen LogP contribution in [0, 0.1) is 0 Å². The first-order valence-corrected chi connectivity index (χ1v) is 4.91. The first-order chi connectivity index (χ1) is 6.22. The Bertz CT molecular complexity index is 193. The molecule has 0 aliphatic heterocycles. The fraction of sp³-hybridized carbons (Fsp3) is 0.700. The SMILES string of the molecule is CC=CC(=O)NC1CCC(N)CC1. The molecule has 0 bridgehead atoms. The minimum absolute atomic E-state index is 0.0166. The van der Waals surface area contributed by atoms with Gasteiger partial charge in [0, 0.05) is 12.1 Å². The molecule has 3 nitrogen and oxygen atoms in total. The summed E-state index contributed by atoms with van der Waals surface area (Å²) in [6.45, 7) is 1.84. The zero-order valence-electron chi connectivity index (χ0n) is 8.12. The highest BCUT2D eigenvalue weighted by Gasteiger charge is 2.18. The lowest BCUT2D eigenvalue weighted by molar-refractivity contribution is -0.117. The number of nitrogens with one attached hydrogen (secondary N) is 1. The minimum atomic E-state index is 0.0166. The molecule has 0 aromatic rings. The zero-order chi connectivity index (χ0) is 9.68. The molecule has 1 saturated carbocycles. The quantitative estimate of drug-likeness (QED) is 0.625. The van der Waals surface area contributed by atoms with Gasteiger partial charge in [0.15, 0.2) is 0 Å². The second-order valence-corrected chi connectivity index (χ2v) is 3.62. The lowest BCUT2D eigenvalue weighted by atomic mass is 9.92. The number of carbonyl (C=O) groups excluding carboxylic acids is 1. The van der Waals surface area contributed by atoms with Gasteiger partial charge >= 0.3 is 0 Å². The van der Waals surface area contributed by atoms with Crippen molar-refractivity contribution < 1.29 is 4.79 Å². The summed E-state index contributed by atoms with van der Waals surface area (Å²) in [6.07, 6.45) is 7.41. The molecule has 0 spiro atoms. The maximum atomic E-state index is 11.2. The normalized spacial score (nSPS) is 29.1. The monoisotopic (exact) mass is 182 g/mol. The van der Waals surface area contributed by atoms with Gasteiger partial charge in [-0.2, -0.15) is 0 Å². The number of hydrogen-bond donors (Lipinski definition) is 2. The molecule has 3 heteroatoms. The van der Waals surface area contributed by atoms with Gasteiger partial charge in [-0.05, 0) is 38.7 Å². The van der Waals surface area contributed by atoms with Gasteiger partial charge < -0.3 is 11.1 Å². The highest BCUT2D eigenvalue weighted by molar-refractivity contribution is 5.87. The van der Waals surface area contributed by atoms with Crippen LogP contribution in [0.15, 0.2) is 12.2 Å². The van der Waals surface area contributed by atoms with Crippen molar-refractivity contribution in [3.05, 3.63) is 12.2 Å². The summed E-state index contributed by atoms with van der Waals surface area (Å²) in [5.41, 5.74) is 5.76. The minimum Gasteiger partial charge on any atom is -0.350 e. The first-order valence-electron chi connectivity index (χ1n) is 4.91. The van der Waals surface area contributed by atoms with E-state index in [9.17, 15) is 4.79 Å². The van der Waals surface area contributed by atoms with Crippen molar-refractivity contribution in [3.8, 4) is 0 Å². The Morgan fingerprint density at radius 2 is 2.00 bits per heavy atom. The smallest absolute Gasteiger partial charge is 0.243 e. The number of hydrogen-bond acceptors (Lipinski definition) is 2. The Balaban J connectivity index is 2.26. The molecular formula is C10H18N2O. The van der Waals surface area contributed by atoms with Crippen LogP contribution in [0.2, 0.25) is 0 Å². The third kappa shape index (κ3) is 3.59. The van der Waals surface area contributed by atoms with Gasteiger partial charge in [-0.25, -0.2) is 0 Å². The van der Waals surface area contributed by atoms with Gasteiger partial charge in [0.2, 0.25) is 5.91 Å². The number of nitrogens with two attached hydrogens (primary N) is 1. The number of carbonyl (C=O) groups is 1. The fourth-order valence-electron chi connectivity index (χ4n) is 1.66. The Kier molecular flexibility index (Phi) is 3.96. The summed E-state index contributed by atoms with van der Waals surface area (Å²) >= 11 is 0. The zero-order valence-corrected chi connectivity index (χ0v) is 8.12. The average Bonchev–Trinajstić information content (AvgIpc) is 2.09. The molecule has 0 aromatic heterocycles. The van der Waals surface area contributed by atoms with Crippen LogP contribution in [0.25, 0.3) is 0 Å². The Morgan fingerprint density at radius 3 is 2.54 bits per heavy atom. The van der Waals surface area contributed by atoms with Crippen LogP contribution in [-0.2, 0) is 4.79 Å². The number of allylic oxidation sites excluding steroid dienone is 1. The number of amides is 1. The van der Waals surface area contributed by atoms with Crippen LogP contribution in [0.1, 0.15) is 32.6 Å². The molecule has 1 fully saturated rings. The molecule has 1 amide bonds. The predicted octanol–water partition coefficient (Wildman–Crippen LogP) is 0.949. The van der Waals surface area contributed by atoms with Crippen LogP contribution in [-0.4, -0.2) is 18.0 Å². The average molecular weight is 182 g/mol. The molecule has 0 radical (unpaired) electrons. The predicted molar refractivity (Wildman–Crippen MR) is 53.2 cm³/mol. The first kappa shape index (κ1) is 10.3. The summed E-state index contributed by atoms with van der Waals surface area (Å²) < 4.78 is 0. The molecule has 0 atom stereocenters. The Hall–Kier alpha value is -0.830. The van der Waals surface area contributed by atoms with Gasteiger partial charge in [0.05, 0.1) is 0 Å². The maximum absolute atomic E-state index is 11.2. The molecule has 74 valence electrons. The van der Waals surface area contributed by atoms with Crippen molar-refractivity contribution >= 4 is 5.91 Å². The highest BCUT2D eigenvalue weighted by Crippen LogP contribution is 2.16. The van der Waals surface area contributed by atoms with Gasteiger partial charge in [-0.1, -0.05) is 6.08 Å². The second-order valence-electron chi connectivity index (χ2n) is 3.62. The van der Waals surface area contributed by atoms with Crippen molar-refractivity contribution in [1.82, 2.24) is 5.32 Å². The molecule has 13 heavy (non-hydrogen) atoms. The second kappa shape index (κ2) is 5.02. The van der Waals surface area contributed by atoms with E-state index in [1.165, 1.54) is 0 Å². The summed E-state index contributed by atoms with van der Waals surface area (Å²) in [4.78, 5) is 11.2. The molecule has 1 aliphatic carbocycles. The Labute approximate surface area is 79.4 Å². The van der Waals surface area contributed by atoms with E-state index in [4.69, 9.17) is 5.73 Å². The van der Waals surface area contributed by atoms with Crippen molar-refractivity contribution in [2.24, 2.45) is 5.73 Å². The van der Waals surface area contributed by atoms with Gasteiger partial charge in [0.1, 0.15) is 0 Å². The topological polar surface area (TPSA) is 55.1 Å². The molecule has 1 rings (SSSR count). The Morgan fingerprint density at radius 1 is 1.38 bits per heavy atom. The lowest BCUT2D eigenvalue weighted by Crippen LogP contribution is -2.39. The summed E-state index contributed by atoms with van der Waals surface area (Å²) in [6, 6.07) is 0.679. The van der Waals surface area contributed by atoms with Gasteiger partial charge in [-0.15, -0.1) is 0 Å². The van der Waals surface area contributed by atoms with Crippen molar-refractivity contribution in [2.45, 2.75) is 44.7 Å². The summed E-state index contributed by atoms with van der Waals surface area (Å²) in [5.74, 6) is 0.0166. The molecular weight excluding hydrogens is 164 g/mol.